The minimum absolute atomic E-state index is 0.0366. The van der Waals surface area contributed by atoms with Crippen molar-refractivity contribution in [1.29, 1.82) is 0 Å². The Bertz CT molecular complexity index is 1860. The highest BCUT2D eigenvalue weighted by molar-refractivity contribution is 7.90. The van der Waals surface area contributed by atoms with Crippen LogP contribution >= 0.6 is 0 Å². The standard InChI is InChI=1S/C32H38FN5O10SSi/c1-50(2,3)17-16-45-21-37-26-10-6-5-9-25(26)32(40,35-36-37)48-28-11-7-4-8-24(28)31(39)34-49(43,44)23-12-13-29(27(19-23)38(41)42)47-20-22-14-15-46-30(33)18-22/h4-13,19,22,30,40H,14-18,20-21H2,1-3H3,(H,34,39). The minimum atomic E-state index is -4.67. The molecule has 268 valence electrons. The van der Waals surface area contributed by atoms with Crippen LogP contribution in [0.3, 0.4) is 0 Å². The summed E-state index contributed by atoms with van der Waals surface area (Å²) in [6, 6.07) is 16.1. The number of carbonyl (C=O) groups excluding carboxylic acids is 1. The van der Waals surface area contributed by atoms with Gasteiger partial charge in [-0.1, -0.05) is 54.2 Å². The summed E-state index contributed by atoms with van der Waals surface area (Å²) in [7, 11) is -5.99. The Morgan fingerprint density at radius 3 is 2.64 bits per heavy atom. The van der Waals surface area contributed by atoms with E-state index in [4.69, 9.17) is 18.9 Å². The first kappa shape index (κ1) is 36.8. The first-order valence-corrected chi connectivity index (χ1v) is 21.0. The predicted octanol–water partition coefficient (Wildman–Crippen LogP) is 5.50. The predicted molar refractivity (Wildman–Crippen MR) is 181 cm³/mol. The highest BCUT2D eigenvalue weighted by Crippen LogP contribution is 2.39. The van der Waals surface area contributed by atoms with Crippen molar-refractivity contribution >= 4 is 35.4 Å². The van der Waals surface area contributed by atoms with Gasteiger partial charge in [0, 0.05) is 33.1 Å². The van der Waals surface area contributed by atoms with Crippen molar-refractivity contribution in [2.24, 2.45) is 16.3 Å². The molecule has 3 aromatic carbocycles. The molecule has 0 radical (unpaired) electrons. The third-order valence-corrected chi connectivity index (χ3v) is 10.9. The topological polar surface area (TPSA) is 191 Å². The summed E-state index contributed by atoms with van der Waals surface area (Å²) in [6.45, 7) is 7.45. The van der Waals surface area contributed by atoms with Crippen molar-refractivity contribution in [1.82, 2.24) is 4.72 Å². The Morgan fingerprint density at radius 2 is 1.90 bits per heavy atom. The minimum Gasteiger partial charge on any atom is -0.487 e. The number of nitro groups is 1. The van der Waals surface area contributed by atoms with Crippen LogP contribution in [0.5, 0.6) is 11.5 Å². The maximum Gasteiger partial charge on any atom is 0.360 e. The number of benzene rings is 3. The van der Waals surface area contributed by atoms with Crippen LogP contribution in [0.4, 0.5) is 15.8 Å². The number of para-hydroxylation sites is 2. The van der Waals surface area contributed by atoms with Gasteiger partial charge < -0.3 is 24.1 Å². The lowest BCUT2D eigenvalue weighted by molar-refractivity contribution is -0.386. The van der Waals surface area contributed by atoms with Crippen LogP contribution in [0, 0.1) is 16.0 Å². The largest absolute Gasteiger partial charge is 0.487 e. The monoisotopic (exact) mass is 731 g/mol. The van der Waals surface area contributed by atoms with E-state index in [1.54, 1.807) is 24.3 Å². The summed E-state index contributed by atoms with van der Waals surface area (Å²) in [6.07, 6.45) is -0.891. The number of sulfonamides is 1. The van der Waals surface area contributed by atoms with E-state index in [2.05, 4.69) is 30.0 Å². The number of hydrogen-bond acceptors (Lipinski definition) is 13. The lowest BCUT2D eigenvalue weighted by Crippen LogP contribution is -2.38. The summed E-state index contributed by atoms with van der Waals surface area (Å²) in [5.74, 6) is -4.23. The Kier molecular flexibility index (Phi) is 11.2. The number of rotatable bonds is 14. The van der Waals surface area contributed by atoms with Crippen LogP contribution in [0.25, 0.3) is 0 Å². The fraction of sp³-hybridized carbons (Fsp3) is 0.406. The molecular formula is C32H38FN5O10SSi. The van der Waals surface area contributed by atoms with Crippen LogP contribution < -0.4 is 19.2 Å². The number of nitrogens with zero attached hydrogens (tertiary/aromatic N) is 4. The molecule has 1 amide bonds. The highest BCUT2D eigenvalue weighted by atomic mass is 32.2. The van der Waals surface area contributed by atoms with Crippen molar-refractivity contribution in [2.45, 2.75) is 55.7 Å². The molecule has 3 aromatic rings. The number of ether oxygens (including phenoxy) is 4. The molecule has 1 fully saturated rings. The molecular weight excluding hydrogens is 694 g/mol. The van der Waals surface area contributed by atoms with Crippen molar-refractivity contribution in [2.75, 3.05) is 31.6 Å². The maximum absolute atomic E-state index is 13.6. The van der Waals surface area contributed by atoms with E-state index in [1.165, 1.54) is 29.3 Å². The van der Waals surface area contributed by atoms with Crippen molar-refractivity contribution in [3.63, 3.8) is 0 Å². The maximum atomic E-state index is 13.6. The summed E-state index contributed by atoms with van der Waals surface area (Å²) in [5, 5.41) is 32.9. The molecule has 0 spiro atoms. The second-order valence-corrected chi connectivity index (χ2v) is 20.3. The number of aliphatic hydroxyl groups is 1. The molecule has 5 rings (SSSR count). The van der Waals surface area contributed by atoms with Crippen molar-refractivity contribution in [3.8, 4) is 11.5 Å². The summed E-state index contributed by atoms with van der Waals surface area (Å²) in [5.41, 5.74) is -0.309. The van der Waals surface area contributed by atoms with E-state index >= 15 is 0 Å². The normalized spacial score (nSPS) is 20.5. The van der Waals surface area contributed by atoms with Gasteiger partial charge in [-0.05, 0) is 48.9 Å². The average Bonchev–Trinajstić information content (AvgIpc) is 3.06. The van der Waals surface area contributed by atoms with Gasteiger partial charge in [0.05, 0.1) is 39.8 Å². The average molecular weight is 732 g/mol. The van der Waals surface area contributed by atoms with Gasteiger partial charge in [-0.15, -0.1) is 0 Å². The number of nitro benzene ring substituents is 1. The third-order valence-electron chi connectivity index (χ3n) is 7.90. The van der Waals surface area contributed by atoms with Gasteiger partial charge >= 0.3 is 11.6 Å². The third kappa shape index (κ3) is 8.99. The molecule has 0 aromatic heterocycles. The van der Waals surface area contributed by atoms with Crippen LogP contribution in [0.15, 0.2) is 82.0 Å². The van der Waals surface area contributed by atoms with Gasteiger partial charge in [0.25, 0.3) is 15.9 Å². The first-order chi connectivity index (χ1) is 23.6. The molecule has 2 aliphatic rings. The van der Waals surface area contributed by atoms with Crippen molar-refractivity contribution in [3.05, 3.63) is 88.0 Å². The summed E-state index contributed by atoms with van der Waals surface area (Å²) >= 11 is 0. The van der Waals surface area contributed by atoms with Crippen molar-refractivity contribution < 1.29 is 46.6 Å². The zero-order valence-corrected chi connectivity index (χ0v) is 29.5. The van der Waals surface area contributed by atoms with Gasteiger partial charge in [0.15, 0.2) is 12.1 Å². The molecule has 0 aliphatic carbocycles. The van der Waals surface area contributed by atoms with Gasteiger partial charge in [-0.2, -0.15) is 0 Å². The van der Waals surface area contributed by atoms with Gasteiger partial charge in [0.2, 0.25) is 0 Å². The molecule has 0 bridgehead atoms. The van der Waals surface area contributed by atoms with Crippen LogP contribution in [0.2, 0.25) is 25.7 Å². The summed E-state index contributed by atoms with van der Waals surface area (Å²) < 4.78 is 64.1. The lowest BCUT2D eigenvalue weighted by atomic mass is 10.0. The number of alkyl halides is 1. The molecule has 1 saturated heterocycles. The van der Waals surface area contributed by atoms with E-state index in [-0.39, 0.29) is 54.9 Å². The van der Waals surface area contributed by atoms with Gasteiger partial charge in [-0.25, -0.2) is 22.5 Å². The number of fused-ring (bicyclic) bond motifs is 1. The number of hydrogen-bond donors (Lipinski definition) is 2. The number of anilines is 1. The molecule has 3 atom stereocenters. The number of carbonyl (C=O) groups is 1. The molecule has 50 heavy (non-hydrogen) atoms. The zero-order chi connectivity index (χ0) is 36.1. The second kappa shape index (κ2) is 15.2. The Balaban J connectivity index is 1.31. The van der Waals surface area contributed by atoms with Gasteiger partial charge in [0.1, 0.15) is 12.5 Å². The fourth-order valence-electron chi connectivity index (χ4n) is 5.12. The lowest BCUT2D eigenvalue weighted by Gasteiger charge is -2.33. The Morgan fingerprint density at radius 1 is 1.16 bits per heavy atom. The summed E-state index contributed by atoms with van der Waals surface area (Å²) in [4.78, 5) is 23.8. The molecule has 2 heterocycles. The molecule has 2 N–H and O–H groups in total. The van der Waals surface area contributed by atoms with E-state index in [9.17, 15) is 32.8 Å². The fourth-order valence-corrected chi connectivity index (χ4v) is 6.86. The number of amides is 1. The highest BCUT2D eigenvalue weighted by Gasteiger charge is 2.41. The smallest absolute Gasteiger partial charge is 0.360 e. The first-order valence-electron chi connectivity index (χ1n) is 15.8. The molecule has 18 heteroatoms. The molecule has 15 nitrogen and oxygen atoms in total. The number of halogens is 1. The molecule has 2 aliphatic heterocycles. The van der Waals surface area contributed by atoms with E-state index in [0.717, 1.165) is 24.2 Å². The molecule has 3 unspecified atom stereocenters. The molecule has 0 saturated carbocycles. The zero-order valence-electron chi connectivity index (χ0n) is 27.7. The van der Waals surface area contributed by atoms with E-state index < -0.39 is 51.8 Å². The quantitative estimate of drug-likeness (QED) is 0.0700. The van der Waals surface area contributed by atoms with Crippen LogP contribution in [-0.4, -0.2) is 65.3 Å². The van der Waals surface area contributed by atoms with E-state index in [0.29, 0.717) is 18.7 Å². The van der Waals surface area contributed by atoms with Crippen LogP contribution in [-0.2, 0) is 25.4 Å². The van der Waals surface area contributed by atoms with Crippen LogP contribution in [0.1, 0.15) is 28.8 Å². The van der Waals surface area contributed by atoms with Gasteiger partial charge in [-0.3, -0.25) is 14.9 Å². The second-order valence-electron chi connectivity index (χ2n) is 13.0. The number of nitrogens with one attached hydrogen (secondary N) is 1. The Labute approximate surface area is 289 Å². The SMILES string of the molecule is C[Si](C)(C)CCOCN1N=NC(O)(Oc2ccccc2C(=O)NS(=O)(=O)c2ccc(OCC3CCOC(F)C3)c([N+](=O)[O-])c2)c2ccccc21. The Hall–Kier alpha value is -4.49. The van der Waals surface area contributed by atoms with E-state index in [1.807, 2.05) is 4.72 Å².